The van der Waals surface area contributed by atoms with E-state index in [0.717, 1.165) is 5.56 Å². The Balaban J connectivity index is 2.04. The first-order valence-corrected chi connectivity index (χ1v) is 7.68. The van der Waals surface area contributed by atoms with Crippen LogP contribution in [0.1, 0.15) is 31.3 Å². The fourth-order valence-corrected chi connectivity index (χ4v) is 2.60. The van der Waals surface area contributed by atoms with E-state index in [9.17, 15) is 4.79 Å². The number of ether oxygens (including phenoxy) is 1. The van der Waals surface area contributed by atoms with Gasteiger partial charge in [0.2, 0.25) is 0 Å². The molecular weight excluding hydrogens is 314 g/mol. The Morgan fingerprint density at radius 1 is 1.48 bits per heavy atom. The van der Waals surface area contributed by atoms with Gasteiger partial charge in [-0.3, -0.25) is 5.10 Å². The first kappa shape index (κ1) is 17.0. The Kier molecular flexibility index (Phi) is 5.38. The minimum Gasteiger partial charge on any atom is -0.495 e. The average molecular weight is 335 g/mol. The number of nitrogens with one attached hydrogen (secondary N) is 3. The Hall–Kier alpha value is -2.35. The molecule has 2 rings (SSSR count). The van der Waals surface area contributed by atoms with Gasteiger partial charge >= 0.3 is 6.03 Å². The third-order valence-corrected chi connectivity index (χ3v) is 3.59. The molecule has 2 amide bonds. The molecule has 1 heterocycles. The maximum Gasteiger partial charge on any atom is 0.319 e. The molecule has 0 fully saturated rings. The molecule has 0 radical (unpaired) electrons. The van der Waals surface area contributed by atoms with Gasteiger partial charge in [-0.1, -0.05) is 6.07 Å². The summed E-state index contributed by atoms with van der Waals surface area (Å²) in [6.07, 6.45) is 0. The van der Waals surface area contributed by atoms with Crippen molar-refractivity contribution in [3.63, 3.8) is 0 Å². The van der Waals surface area contributed by atoms with Crippen LogP contribution in [0.2, 0.25) is 0 Å². The molecule has 23 heavy (non-hydrogen) atoms. The Labute approximate surface area is 140 Å². The molecule has 0 spiro atoms. The molecule has 1 aromatic carbocycles. The van der Waals surface area contributed by atoms with Crippen LogP contribution in [0.25, 0.3) is 0 Å². The number of urea groups is 1. The first-order chi connectivity index (χ1) is 10.9. The first-order valence-electron chi connectivity index (χ1n) is 7.27. The normalized spacial score (nSPS) is 10.7. The number of benzene rings is 1. The lowest BCUT2D eigenvalue weighted by molar-refractivity contribution is 0.251. The quantitative estimate of drug-likeness (QED) is 0.733. The lowest BCUT2D eigenvalue weighted by atomic mass is 10.2. The van der Waals surface area contributed by atoms with Gasteiger partial charge in [0.1, 0.15) is 5.75 Å². The third-order valence-electron chi connectivity index (χ3n) is 3.30. The summed E-state index contributed by atoms with van der Waals surface area (Å²) in [6.45, 7) is 6.23. The van der Waals surface area contributed by atoms with E-state index in [1.54, 1.807) is 7.11 Å². The molecule has 1 aromatic heterocycles. The van der Waals surface area contributed by atoms with Crippen molar-refractivity contribution in [2.75, 3.05) is 12.4 Å². The molecule has 0 aliphatic carbocycles. The predicted molar refractivity (Wildman–Crippen MR) is 91.4 cm³/mol. The molecule has 2 aromatic rings. The second kappa shape index (κ2) is 7.28. The molecule has 0 unspecified atom stereocenters. The van der Waals surface area contributed by atoms with Crippen LogP contribution in [0.4, 0.5) is 10.5 Å². The van der Waals surface area contributed by atoms with E-state index in [2.05, 4.69) is 20.8 Å². The van der Waals surface area contributed by atoms with E-state index >= 15 is 0 Å². The number of carbonyl (C=O) groups excluding carboxylic acids is 1. The summed E-state index contributed by atoms with van der Waals surface area (Å²) >= 11 is 5.18. The Morgan fingerprint density at radius 2 is 2.22 bits per heavy atom. The number of H-pyrrole nitrogens is 1. The number of methoxy groups -OCH3 is 1. The van der Waals surface area contributed by atoms with Crippen LogP contribution in [-0.4, -0.2) is 27.9 Å². The lowest BCUT2D eigenvalue weighted by Crippen LogP contribution is -2.29. The topological polar surface area (TPSA) is 84.0 Å². The van der Waals surface area contributed by atoms with Gasteiger partial charge in [-0.15, -0.1) is 0 Å². The molecule has 0 bridgehead atoms. The summed E-state index contributed by atoms with van der Waals surface area (Å²) in [4.78, 5) is 12.1. The standard InChI is InChI=1S/C15H21N5O2S/c1-9(2)20-13(18-19-15(20)23)8-16-14(21)17-11-7-10(3)5-6-12(11)22-4/h5-7,9H,8H2,1-4H3,(H,19,23)(H2,16,17,21). The average Bonchev–Trinajstić information content (AvgIpc) is 2.86. The largest absolute Gasteiger partial charge is 0.495 e. The molecule has 0 atom stereocenters. The van der Waals surface area contributed by atoms with Gasteiger partial charge in [-0.2, -0.15) is 5.10 Å². The number of aromatic nitrogens is 3. The van der Waals surface area contributed by atoms with Crippen molar-refractivity contribution in [3.05, 3.63) is 34.4 Å². The fourth-order valence-electron chi connectivity index (χ4n) is 2.24. The van der Waals surface area contributed by atoms with Crippen molar-refractivity contribution in [1.82, 2.24) is 20.1 Å². The van der Waals surface area contributed by atoms with Gasteiger partial charge in [0.05, 0.1) is 19.3 Å². The molecule has 0 aliphatic heterocycles. The van der Waals surface area contributed by atoms with Gasteiger partial charge in [-0.05, 0) is 50.7 Å². The summed E-state index contributed by atoms with van der Waals surface area (Å²) in [5, 5.41) is 12.4. The number of nitrogens with zero attached hydrogens (tertiary/aromatic N) is 2. The summed E-state index contributed by atoms with van der Waals surface area (Å²) in [5.41, 5.74) is 1.65. The van der Waals surface area contributed by atoms with E-state index in [1.165, 1.54) is 0 Å². The second-order valence-electron chi connectivity index (χ2n) is 5.42. The molecule has 0 saturated heterocycles. The number of rotatable bonds is 5. The molecular formula is C15H21N5O2S. The van der Waals surface area contributed by atoms with E-state index < -0.39 is 0 Å². The number of aromatic amines is 1. The number of amides is 2. The molecule has 0 aliphatic rings. The molecule has 124 valence electrons. The van der Waals surface area contributed by atoms with Gasteiger partial charge in [0, 0.05) is 6.04 Å². The number of carbonyl (C=O) groups is 1. The van der Waals surface area contributed by atoms with E-state index in [1.807, 2.05) is 43.5 Å². The highest BCUT2D eigenvalue weighted by molar-refractivity contribution is 7.71. The van der Waals surface area contributed by atoms with E-state index in [-0.39, 0.29) is 18.6 Å². The van der Waals surface area contributed by atoms with E-state index in [0.29, 0.717) is 22.0 Å². The van der Waals surface area contributed by atoms with Crippen molar-refractivity contribution in [1.29, 1.82) is 0 Å². The molecule has 7 nitrogen and oxygen atoms in total. The van der Waals surface area contributed by atoms with E-state index in [4.69, 9.17) is 17.0 Å². The van der Waals surface area contributed by atoms with Crippen molar-refractivity contribution < 1.29 is 9.53 Å². The molecule has 8 heteroatoms. The number of hydrogen-bond acceptors (Lipinski definition) is 4. The molecule has 3 N–H and O–H groups in total. The Bertz CT molecular complexity index is 751. The Morgan fingerprint density at radius 3 is 2.87 bits per heavy atom. The number of anilines is 1. The van der Waals surface area contributed by atoms with Gasteiger partial charge in [0.25, 0.3) is 0 Å². The maximum atomic E-state index is 12.1. The van der Waals surface area contributed by atoms with Crippen LogP contribution >= 0.6 is 12.2 Å². The minimum absolute atomic E-state index is 0.165. The van der Waals surface area contributed by atoms with Gasteiger partial charge < -0.3 is 19.9 Å². The zero-order chi connectivity index (χ0) is 17.0. The van der Waals surface area contributed by atoms with Gasteiger partial charge in [0.15, 0.2) is 10.6 Å². The van der Waals surface area contributed by atoms with Crippen LogP contribution in [0.5, 0.6) is 5.75 Å². The monoisotopic (exact) mass is 335 g/mol. The van der Waals surface area contributed by atoms with Gasteiger partial charge in [-0.25, -0.2) is 4.79 Å². The highest BCUT2D eigenvalue weighted by atomic mass is 32.1. The number of aryl methyl sites for hydroxylation is 1. The van der Waals surface area contributed by atoms with Crippen molar-refractivity contribution in [2.24, 2.45) is 0 Å². The van der Waals surface area contributed by atoms with Crippen LogP contribution in [0.15, 0.2) is 18.2 Å². The minimum atomic E-state index is -0.335. The van der Waals surface area contributed by atoms with Crippen LogP contribution < -0.4 is 15.4 Å². The van der Waals surface area contributed by atoms with Crippen molar-refractivity contribution in [3.8, 4) is 5.75 Å². The van der Waals surface area contributed by atoms with Crippen molar-refractivity contribution in [2.45, 2.75) is 33.4 Å². The number of hydrogen-bond donors (Lipinski definition) is 3. The van der Waals surface area contributed by atoms with Crippen molar-refractivity contribution >= 4 is 23.9 Å². The third kappa shape index (κ3) is 4.10. The summed E-state index contributed by atoms with van der Waals surface area (Å²) < 4.78 is 7.64. The maximum absolute atomic E-state index is 12.1. The predicted octanol–water partition coefficient (Wildman–Crippen LogP) is 3.16. The van der Waals surface area contributed by atoms with Crippen LogP contribution in [-0.2, 0) is 6.54 Å². The lowest BCUT2D eigenvalue weighted by Gasteiger charge is -2.13. The summed E-state index contributed by atoms with van der Waals surface area (Å²) in [7, 11) is 1.56. The smallest absolute Gasteiger partial charge is 0.319 e. The van der Waals surface area contributed by atoms with Crippen LogP contribution in [0.3, 0.4) is 0 Å². The molecule has 0 saturated carbocycles. The zero-order valence-electron chi connectivity index (χ0n) is 13.6. The summed E-state index contributed by atoms with van der Waals surface area (Å²) in [5.74, 6) is 1.28. The fraction of sp³-hybridized carbons (Fsp3) is 0.400. The SMILES string of the molecule is COc1ccc(C)cc1NC(=O)NCc1n[nH]c(=S)n1C(C)C. The second-order valence-corrected chi connectivity index (χ2v) is 5.81. The van der Waals surface area contributed by atoms with Crippen LogP contribution in [0, 0.1) is 11.7 Å². The zero-order valence-corrected chi connectivity index (χ0v) is 14.5. The summed E-state index contributed by atoms with van der Waals surface area (Å²) in [6, 6.07) is 5.41. The highest BCUT2D eigenvalue weighted by Crippen LogP contribution is 2.24. The highest BCUT2D eigenvalue weighted by Gasteiger charge is 2.12.